The van der Waals surface area contributed by atoms with Gasteiger partial charge in [-0.3, -0.25) is 0 Å². The molecular weight excluding hydrogens is 481 g/mol. The maximum absolute atomic E-state index is 4.75. The standard InChI is InChI=1S/C19H29N9.HI/c1-4-17-25-24-15-28(17)9-8-22-19(23-14-16(2)3)27-12-10-26(11-13-27)18-20-6-5-7-21-18;/h5-7,15H,2,4,8-14H2,1,3H3,(H,22,23);1H. The Morgan fingerprint density at radius 2 is 1.93 bits per heavy atom. The molecule has 10 heteroatoms. The highest BCUT2D eigenvalue weighted by Crippen LogP contribution is 2.10. The molecule has 2 aromatic rings. The Morgan fingerprint density at radius 1 is 1.21 bits per heavy atom. The molecule has 0 aliphatic carbocycles. The Bertz CT molecular complexity index is 782. The Labute approximate surface area is 189 Å². The van der Waals surface area contributed by atoms with Gasteiger partial charge in [0.15, 0.2) is 5.96 Å². The van der Waals surface area contributed by atoms with Gasteiger partial charge in [0.25, 0.3) is 0 Å². The molecule has 0 unspecified atom stereocenters. The summed E-state index contributed by atoms with van der Waals surface area (Å²) >= 11 is 0. The topological polar surface area (TPSA) is 87.4 Å². The van der Waals surface area contributed by atoms with Gasteiger partial charge >= 0.3 is 0 Å². The van der Waals surface area contributed by atoms with Gasteiger partial charge in [-0.05, 0) is 13.0 Å². The molecule has 29 heavy (non-hydrogen) atoms. The SMILES string of the molecule is C=C(C)CN=C(NCCn1cnnc1CC)N1CCN(c2ncccn2)CC1.I. The van der Waals surface area contributed by atoms with Crippen LogP contribution in [-0.4, -0.2) is 74.9 Å². The number of aliphatic imine (C=N–C) groups is 1. The van der Waals surface area contributed by atoms with Crippen LogP contribution in [0.4, 0.5) is 5.95 Å². The van der Waals surface area contributed by atoms with Crippen molar-refractivity contribution >= 4 is 35.9 Å². The van der Waals surface area contributed by atoms with Crippen LogP contribution in [0.3, 0.4) is 0 Å². The zero-order chi connectivity index (χ0) is 19.8. The smallest absolute Gasteiger partial charge is 0.225 e. The first-order valence-corrected chi connectivity index (χ1v) is 9.73. The Kier molecular flexibility index (Phi) is 9.29. The molecule has 0 aromatic carbocycles. The summed E-state index contributed by atoms with van der Waals surface area (Å²) in [4.78, 5) is 17.9. The number of piperazine rings is 1. The number of rotatable bonds is 7. The maximum Gasteiger partial charge on any atom is 0.225 e. The lowest BCUT2D eigenvalue weighted by Crippen LogP contribution is -2.53. The molecular formula is C19H30IN9. The van der Waals surface area contributed by atoms with Crippen molar-refractivity contribution in [1.82, 2.24) is 34.9 Å². The number of nitrogens with zero attached hydrogens (tertiary/aromatic N) is 8. The number of aromatic nitrogens is 5. The van der Waals surface area contributed by atoms with Gasteiger partial charge in [0.05, 0.1) is 6.54 Å². The molecule has 0 amide bonds. The van der Waals surface area contributed by atoms with E-state index in [1.165, 1.54) is 0 Å². The lowest BCUT2D eigenvalue weighted by atomic mass is 10.3. The van der Waals surface area contributed by atoms with Gasteiger partial charge in [-0.1, -0.05) is 19.1 Å². The minimum Gasteiger partial charge on any atom is -0.354 e. The maximum atomic E-state index is 4.75. The normalized spacial score (nSPS) is 14.5. The first kappa shape index (κ1) is 23.0. The molecule has 1 aliphatic rings. The number of hydrogen-bond donors (Lipinski definition) is 1. The van der Waals surface area contributed by atoms with Crippen LogP contribution in [-0.2, 0) is 13.0 Å². The highest BCUT2D eigenvalue weighted by Gasteiger charge is 2.21. The lowest BCUT2D eigenvalue weighted by Gasteiger charge is -2.36. The van der Waals surface area contributed by atoms with Crippen LogP contribution in [0.1, 0.15) is 19.7 Å². The zero-order valence-corrected chi connectivity index (χ0v) is 19.5. The highest BCUT2D eigenvalue weighted by atomic mass is 127. The van der Waals surface area contributed by atoms with Crippen LogP contribution in [0.25, 0.3) is 0 Å². The van der Waals surface area contributed by atoms with Gasteiger partial charge in [0.2, 0.25) is 5.95 Å². The van der Waals surface area contributed by atoms with Gasteiger partial charge < -0.3 is 19.7 Å². The summed E-state index contributed by atoms with van der Waals surface area (Å²) in [6.45, 7) is 13.7. The largest absolute Gasteiger partial charge is 0.354 e. The number of hydrogen-bond acceptors (Lipinski definition) is 6. The van der Waals surface area contributed by atoms with Gasteiger partial charge in [-0.25, -0.2) is 15.0 Å². The third-order valence-electron chi connectivity index (χ3n) is 4.56. The quantitative estimate of drug-likeness (QED) is 0.262. The van der Waals surface area contributed by atoms with Crippen molar-refractivity contribution in [2.75, 3.05) is 44.2 Å². The van der Waals surface area contributed by atoms with Crippen molar-refractivity contribution in [3.05, 3.63) is 42.8 Å². The molecule has 0 radical (unpaired) electrons. The fourth-order valence-corrected chi connectivity index (χ4v) is 3.08. The highest BCUT2D eigenvalue weighted by molar-refractivity contribution is 14.0. The first-order chi connectivity index (χ1) is 13.7. The summed E-state index contributed by atoms with van der Waals surface area (Å²) in [7, 11) is 0. The van der Waals surface area contributed by atoms with Crippen LogP contribution < -0.4 is 10.2 Å². The van der Waals surface area contributed by atoms with E-state index in [9.17, 15) is 0 Å². The summed E-state index contributed by atoms with van der Waals surface area (Å²) in [6.07, 6.45) is 6.22. The monoisotopic (exact) mass is 511 g/mol. The van der Waals surface area contributed by atoms with E-state index in [4.69, 9.17) is 4.99 Å². The second-order valence-electron chi connectivity index (χ2n) is 6.84. The summed E-state index contributed by atoms with van der Waals surface area (Å²) in [6, 6.07) is 1.84. The van der Waals surface area contributed by atoms with Crippen LogP contribution in [0.15, 0.2) is 41.9 Å². The number of anilines is 1. The van der Waals surface area contributed by atoms with Crippen LogP contribution >= 0.6 is 24.0 Å². The lowest BCUT2D eigenvalue weighted by molar-refractivity contribution is 0.368. The predicted molar refractivity (Wildman–Crippen MR) is 126 cm³/mol. The van der Waals surface area contributed by atoms with Crippen molar-refractivity contribution in [3.63, 3.8) is 0 Å². The predicted octanol–water partition coefficient (Wildman–Crippen LogP) is 1.59. The summed E-state index contributed by atoms with van der Waals surface area (Å²) in [5.41, 5.74) is 1.04. The fourth-order valence-electron chi connectivity index (χ4n) is 3.08. The molecule has 2 aromatic heterocycles. The second-order valence-corrected chi connectivity index (χ2v) is 6.84. The van der Waals surface area contributed by atoms with E-state index in [2.05, 4.69) is 53.4 Å². The number of halogens is 1. The summed E-state index contributed by atoms with van der Waals surface area (Å²) in [5.74, 6) is 2.71. The van der Waals surface area contributed by atoms with Crippen molar-refractivity contribution < 1.29 is 0 Å². The molecule has 1 aliphatic heterocycles. The van der Waals surface area contributed by atoms with Crippen LogP contribution in [0.5, 0.6) is 0 Å². The molecule has 0 bridgehead atoms. The average Bonchev–Trinajstić information content (AvgIpc) is 3.19. The van der Waals surface area contributed by atoms with E-state index in [1.807, 2.05) is 13.0 Å². The molecule has 1 fully saturated rings. The summed E-state index contributed by atoms with van der Waals surface area (Å²) in [5, 5.41) is 11.6. The zero-order valence-electron chi connectivity index (χ0n) is 17.2. The Balaban J connectivity index is 0.00000300. The molecule has 1 saturated heterocycles. The number of aryl methyl sites for hydroxylation is 1. The van der Waals surface area contributed by atoms with Crippen LogP contribution in [0, 0.1) is 0 Å². The molecule has 3 rings (SSSR count). The van der Waals surface area contributed by atoms with E-state index >= 15 is 0 Å². The second kappa shape index (κ2) is 11.7. The van der Waals surface area contributed by atoms with Gasteiger partial charge in [0, 0.05) is 58.1 Å². The Hall–Kier alpha value is -2.24. The van der Waals surface area contributed by atoms with Crippen molar-refractivity contribution in [2.24, 2.45) is 4.99 Å². The van der Waals surface area contributed by atoms with Gasteiger partial charge in [-0.15, -0.1) is 34.2 Å². The fraction of sp³-hybridized carbons (Fsp3) is 0.526. The molecule has 0 spiro atoms. The summed E-state index contributed by atoms with van der Waals surface area (Å²) < 4.78 is 2.08. The third kappa shape index (κ3) is 6.65. The molecule has 158 valence electrons. The van der Waals surface area contributed by atoms with Crippen molar-refractivity contribution in [1.29, 1.82) is 0 Å². The Morgan fingerprint density at radius 3 is 2.59 bits per heavy atom. The molecule has 0 saturated carbocycles. The first-order valence-electron chi connectivity index (χ1n) is 9.73. The van der Waals surface area contributed by atoms with Crippen molar-refractivity contribution in [3.8, 4) is 0 Å². The minimum absolute atomic E-state index is 0. The molecule has 0 atom stereocenters. The molecule has 1 N–H and O–H groups in total. The van der Waals surface area contributed by atoms with Gasteiger partial charge in [-0.2, -0.15) is 0 Å². The van der Waals surface area contributed by atoms with E-state index in [1.54, 1.807) is 18.7 Å². The van der Waals surface area contributed by atoms with E-state index < -0.39 is 0 Å². The molecule has 3 heterocycles. The molecule has 9 nitrogen and oxygen atoms in total. The van der Waals surface area contributed by atoms with Crippen LogP contribution in [0.2, 0.25) is 0 Å². The number of guanidine groups is 1. The minimum atomic E-state index is 0. The van der Waals surface area contributed by atoms with Gasteiger partial charge in [0.1, 0.15) is 12.2 Å². The number of nitrogens with one attached hydrogen (secondary N) is 1. The van der Waals surface area contributed by atoms with E-state index in [-0.39, 0.29) is 24.0 Å². The average molecular weight is 511 g/mol. The third-order valence-corrected chi connectivity index (χ3v) is 4.56. The van der Waals surface area contributed by atoms with Crippen molar-refractivity contribution in [2.45, 2.75) is 26.8 Å². The van der Waals surface area contributed by atoms with E-state index in [0.717, 1.165) is 69.0 Å². The van der Waals surface area contributed by atoms with E-state index in [0.29, 0.717) is 6.54 Å².